The van der Waals surface area contributed by atoms with Crippen molar-refractivity contribution in [1.29, 1.82) is 0 Å². The number of ether oxygens (including phenoxy) is 2. The van der Waals surface area contributed by atoms with Gasteiger partial charge in [0.15, 0.2) is 0 Å². The molecule has 5 heteroatoms. The van der Waals surface area contributed by atoms with E-state index in [-0.39, 0.29) is 33.1 Å². The van der Waals surface area contributed by atoms with Gasteiger partial charge in [0.2, 0.25) is 0 Å². The lowest BCUT2D eigenvalue weighted by Gasteiger charge is -2.14. The van der Waals surface area contributed by atoms with Crippen molar-refractivity contribution < 1.29 is 19.2 Å². The van der Waals surface area contributed by atoms with Gasteiger partial charge in [0.05, 0.1) is 14.7 Å². The van der Waals surface area contributed by atoms with E-state index in [0.717, 1.165) is 11.1 Å². The first-order chi connectivity index (χ1) is 11.1. The molecule has 0 fully saturated rings. The summed E-state index contributed by atoms with van der Waals surface area (Å²) in [6, 6.07) is 16.9. The molecular formula is C18H21O4P. The molecule has 2 aromatic rings. The van der Waals surface area contributed by atoms with E-state index in [1.54, 1.807) is 19.1 Å². The van der Waals surface area contributed by atoms with Crippen LogP contribution < -0.4 is 4.74 Å². The molecule has 2 rings (SSSR count). The maximum Gasteiger partial charge on any atom is 0.313 e. The summed E-state index contributed by atoms with van der Waals surface area (Å²) in [6.45, 7) is 3.90. The zero-order valence-electron chi connectivity index (χ0n) is 13.2. The van der Waals surface area contributed by atoms with Crippen molar-refractivity contribution in [2.24, 2.45) is 0 Å². The highest BCUT2D eigenvalue weighted by atomic mass is 31.1. The lowest BCUT2D eigenvalue weighted by molar-refractivity contribution is -0.146. The standard InChI is InChI=1S/C18H21O4P/c1-13(18(19)21-12-15-6-4-3-5-7-15)16-8-10-17(11-9-16)22-14(2)23-20/h3-11,13-14,20,23H,12H2,1-2H3. The first-order valence-corrected chi connectivity index (χ1v) is 8.49. The summed E-state index contributed by atoms with van der Waals surface area (Å²) in [5.74, 6) is -0.153. The predicted molar refractivity (Wildman–Crippen MR) is 91.7 cm³/mol. The Kier molecular flexibility index (Phi) is 6.57. The summed E-state index contributed by atoms with van der Waals surface area (Å²) >= 11 is 0. The zero-order chi connectivity index (χ0) is 16.7. The smallest absolute Gasteiger partial charge is 0.313 e. The Hall–Kier alpha value is -1.90. The van der Waals surface area contributed by atoms with E-state index in [2.05, 4.69) is 0 Å². The zero-order valence-corrected chi connectivity index (χ0v) is 14.2. The summed E-state index contributed by atoms with van der Waals surface area (Å²) in [4.78, 5) is 21.1. The van der Waals surface area contributed by atoms with Crippen LogP contribution in [0.2, 0.25) is 0 Å². The largest absolute Gasteiger partial charge is 0.484 e. The number of rotatable bonds is 7. The number of hydrogen-bond donors (Lipinski definition) is 1. The van der Waals surface area contributed by atoms with Crippen LogP contribution >= 0.6 is 8.81 Å². The Morgan fingerprint density at radius 2 is 1.74 bits per heavy atom. The van der Waals surface area contributed by atoms with Gasteiger partial charge >= 0.3 is 5.97 Å². The number of benzene rings is 2. The highest BCUT2D eigenvalue weighted by molar-refractivity contribution is 7.31. The van der Waals surface area contributed by atoms with E-state index in [0.29, 0.717) is 5.75 Å². The van der Waals surface area contributed by atoms with Gasteiger partial charge in [0, 0.05) is 0 Å². The van der Waals surface area contributed by atoms with Gasteiger partial charge in [-0.1, -0.05) is 42.5 Å². The van der Waals surface area contributed by atoms with Gasteiger partial charge in [-0.05, 0) is 37.1 Å². The molecule has 122 valence electrons. The highest BCUT2D eigenvalue weighted by Crippen LogP contribution is 2.24. The van der Waals surface area contributed by atoms with Gasteiger partial charge in [-0.2, -0.15) is 0 Å². The fourth-order valence-corrected chi connectivity index (χ4v) is 2.24. The Balaban J connectivity index is 1.91. The molecule has 0 spiro atoms. The molecular weight excluding hydrogens is 311 g/mol. The van der Waals surface area contributed by atoms with Crippen LogP contribution in [0.5, 0.6) is 5.75 Å². The van der Waals surface area contributed by atoms with E-state index in [9.17, 15) is 4.79 Å². The van der Waals surface area contributed by atoms with Gasteiger partial charge in [0.25, 0.3) is 0 Å². The second-order valence-electron chi connectivity index (χ2n) is 5.27. The summed E-state index contributed by atoms with van der Waals surface area (Å²) in [5.41, 5.74) is 1.84. The average Bonchev–Trinajstić information content (AvgIpc) is 2.60. The molecule has 0 saturated carbocycles. The molecule has 0 bridgehead atoms. The normalized spacial score (nSPS) is 13.7. The number of carbonyl (C=O) groups is 1. The van der Waals surface area contributed by atoms with Crippen LogP contribution in [-0.4, -0.2) is 16.7 Å². The molecule has 0 radical (unpaired) electrons. The molecule has 0 amide bonds. The van der Waals surface area contributed by atoms with Crippen LogP contribution in [-0.2, 0) is 16.1 Å². The van der Waals surface area contributed by atoms with E-state index in [4.69, 9.17) is 14.4 Å². The molecule has 0 aliphatic carbocycles. The third kappa shape index (κ3) is 5.34. The SMILES string of the molecule is CC(Oc1ccc(C(C)C(=O)OCc2ccccc2)cc1)PO. The summed E-state index contributed by atoms with van der Waals surface area (Å²) in [7, 11) is -0.265. The maximum absolute atomic E-state index is 12.1. The molecule has 0 aliphatic heterocycles. The quantitative estimate of drug-likeness (QED) is 0.618. The molecule has 3 atom stereocenters. The second-order valence-corrected chi connectivity index (χ2v) is 6.34. The van der Waals surface area contributed by atoms with Crippen LogP contribution in [0.4, 0.5) is 0 Å². The van der Waals surface area contributed by atoms with Crippen LogP contribution in [0.25, 0.3) is 0 Å². The molecule has 23 heavy (non-hydrogen) atoms. The Labute approximate surface area is 138 Å². The van der Waals surface area contributed by atoms with E-state index >= 15 is 0 Å². The number of esters is 1. The van der Waals surface area contributed by atoms with Crippen LogP contribution in [0.3, 0.4) is 0 Å². The minimum Gasteiger partial charge on any atom is -0.484 e. The topological polar surface area (TPSA) is 55.8 Å². The second kappa shape index (κ2) is 8.66. The van der Waals surface area contributed by atoms with Crippen LogP contribution in [0.1, 0.15) is 30.9 Å². The third-order valence-electron chi connectivity index (χ3n) is 3.45. The van der Waals surface area contributed by atoms with Crippen LogP contribution in [0.15, 0.2) is 54.6 Å². The highest BCUT2D eigenvalue weighted by Gasteiger charge is 2.17. The molecule has 3 unspecified atom stereocenters. The Morgan fingerprint density at radius 1 is 1.09 bits per heavy atom. The minimum atomic E-state index is -0.343. The summed E-state index contributed by atoms with van der Waals surface area (Å²) < 4.78 is 10.9. The Bertz CT molecular complexity index is 613. The molecule has 0 aromatic heterocycles. The van der Waals surface area contributed by atoms with E-state index in [1.807, 2.05) is 49.4 Å². The van der Waals surface area contributed by atoms with Gasteiger partial charge in [-0.3, -0.25) is 4.79 Å². The lowest BCUT2D eigenvalue weighted by Crippen LogP contribution is -2.13. The van der Waals surface area contributed by atoms with Gasteiger partial charge in [-0.25, -0.2) is 0 Å². The van der Waals surface area contributed by atoms with Crippen molar-refractivity contribution >= 4 is 14.8 Å². The summed E-state index contributed by atoms with van der Waals surface area (Å²) in [6.07, 6.45) is 0. The lowest BCUT2D eigenvalue weighted by atomic mass is 10.0. The van der Waals surface area contributed by atoms with Crippen molar-refractivity contribution in [3.63, 3.8) is 0 Å². The van der Waals surface area contributed by atoms with Crippen LogP contribution in [0, 0.1) is 0 Å². The fourth-order valence-electron chi connectivity index (χ4n) is 2.06. The van der Waals surface area contributed by atoms with Crippen molar-refractivity contribution in [2.45, 2.75) is 32.2 Å². The number of carbonyl (C=O) groups excluding carboxylic acids is 1. The minimum absolute atomic E-state index is 0.228. The predicted octanol–water partition coefficient (Wildman–Crippen LogP) is 3.84. The first-order valence-electron chi connectivity index (χ1n) is 7.47. The molecule has 4 nitrogen and oxygen atoms in total. The van der Waals surface area contributed by atoms with Gasteiger partial charge < -0.3 is 14.4 Å². The monoisotopic (exact) mass is 332 g/mol. The van der Waals surface area contributed by atoms with Gasteiger partial charge in [0.1, 0.15) is 18.2 Å². The average molecular weight is 332 g/mol. The van der Waals surface area contributed by atoms with Crippen molar-refractivity contribution in [3.05, 3.63) is 65.7 Å². The van der Waals surface area contributed by atoms with Crippen molar-refractivity contribution in [2.75, 3.05) is 0 Å². The van der Waals surface area contributed by atoms with Crippen molar-refractivity contribution in [1.82, 2.24) is 0 Å². The molecule has 2 aromatic carbocycles. The van der Waals surface area contributed by atoms with Crippen molar-refractivity contribution in [3.8, 4) is 5.75 Å². The first kappa shape index (κ1) is 17.5. The van der Waals surface area contributed by atoms with Gasteiger partial charge in [-0.15, -0.1) is 0 Å². The fraction of sp³-hybridized carbons (Fsp3) is 0.278. The summed E-state index contributed by atoms with van der Waals surface area (Å²) in [5, 5.41) is 0. The third-order valence-corrected chi connectivity index (χ3v) is 3.93. The maximum atomic E-state index is 12.1. The molecule has 1 N–H and O–H groups in total. The molecule has 0 aliphatic rings. The molecule has 0 heterocycles. The molecule has 0 saturated heterocycles. The number of hydrogen-bond acceptors (Lipinski definition) is 4. The van der Waals surface area contributed by atoms with E-state index < -0.39 is 0 Å². The van der Waals surface area contributed by atoms with E-state index in [1.165, 1.54) is 0 Å². The Morgan fingerprint density at radius 3 is 2.35 bits per heavy atom.